The predicted molar refractivity (Wildman–Crippen MR) is 82.0 cm³/mol. The number of aliphatic hydroxyl groups excluding tert-OH is 1. The molecule has 4 nitrogen and oxygen atoms in total. The van der Waals surface area contributed by atoms with Crippen molar-refractivity contribution in [3.05, 3.63) is 28.2 Å². The van der Waals surface area contributed by atoms with E-state index in [1.54, 1.807) is 13.0 Å². The summed E-state index contributed by atoms with van der Waals surface area (Å²) in [6, 6.07) is 1.59. The molecule has 0 amide bonds. The molecule has 0 bridgehead atoms. The molecule has 0 fully saturated rings. The van der Waals surface area contributed by atoms with Crippen molar-refractivity contribution in [1.29, 1.82) is 0 Å². The number of nitrogens with zero attached hydrogens (tertiary/aromatic N) is 1. The van der Waals surface area contributed by atoms with Crippen LogP contribution >= 0.6 is 15.9 Å². The molecule has 1 aromatic rings. The summed E-state index contributed by atoms with van der Waals surface area (Å²) in [7, 11) is -1.39. The van der Waals surface area contributed by atoms with Crippen LogP contribution < -0.4 is 4.72 Å². The number of aromatic nitrogens is 1. The molecule has 2 N–H and O–H groups in total. The lowest BCUT2D eigenvalue weighted by molar-refractivity contribution is 0.235. The molecule has 20 heavy (non-hydrogen) atoms. The van der Waals surface area contributed by atoms with Gasteiger partial charge < -0.3 is 5.11 Å². The van der Waals surface area contributed by atoms with Crippen LogP contribution in [0.5, 0.6) is 0 Å². The third kappa shape index (κ3) is 4.31. The monoisotopic (exact) mass is 366 g/mol. The van der Waals surface area contributed by atoms with Crippen molar-refractivity contribution >= 4 is 26.9 Å². The van der Waals surface area contributed by atoms with Crippen LogP contribution in [-0.4, -0.2) is 25.7 Å². The maximum Gasteiger partial charge on any atom is 0.218 e. The van der Waals surface area contributed by atoms with Crippen molar-refractivity contribution in [3.63, 3.8) is 0 Å². The molecule has 114 valence electrons. The van der Waals surface area contributed by atoms with Gasteiger partial charge in [0.2, 0.25) is 5.95 Å². The van der Waals surface area contributed by atoms with Crippen LogP contribution in [0.4, 0.5) is 4.39 Å². The largest absolute Gasteiger partial charge is 0.396 e. The lowest BCUT2D eigenvalue weighted by Gasteiger charge is -2.33. The minimum absolute atomic E-state index is 0.156. The van der Waals surface area contributed by atoms with Crippen molar-refractivity contribution < 1.29 is 13.7 Å². The number of hydrogen-bond donors (Lipinski definition) is 2. The minimum atomic E-state index is -1.39. The molecule has 1 aromatic heterocycles. The van der Waals surface area contributed by atoms with Gasteiger partial charge in [0, 0.05) is 22.8 Å². The van der Waals surface area contributed by atoms with Crippen LogP contribution in [0.1, 0.15) is 39.7 Å². The molecule has 0 saturated heterocycles. The van der Waals surface area contributed by atoms with Gasteiger partial charge in [0.25, 0.3) is 0 Å². The lowest BCUT2D eigenvalue weighted by Crippen LogP contribution is -2.47. The number of pyridine rings is 1. The van der Waals surface area contributed by atoms with E-state index in [1.165, 1.54) is 6.20 Å². The number of rotatable bonds is 5. The van der Waals surface area contributed by atoms with E-state index >= 15 is 0 Å². The van der Waals surface area contributed by atoms with Crippen LogP contribution in [0.2, 0.25) is 0 Å². The quantitative estimate of drug-likeness (QED) is 0.787. The molecule has 0 aromatic carbocycles. The Morgan fingerprint density at radius 2 is 2.05 bits per heavy atom. The second-order valence-corrected chi connectivity index (χ2v) is 8.66. The molecule has 2 unspecified atom stereocenters. The van der Waals surface area contributed by atoms with Gasteiger partial charge in [-0.3, -0.25) is 0 Å². The van der Waals surface area contributed by atoms with Gasteiger partial charge in [0.1, 0.15) is 0 Å². The van der Waals surface area contributed by atoms with Gasteiger partial charge in [-0.15, -0.1) is 0 Å². The molecule has 0 radical (unpaired) electrons. The summed E-state index contributed by atoms with van der Waals surface area (Å²) >= 11 is 3.25. The summed E-state index contributed by atoms with van der Waals surface area (Å²) in [4.78, 5) is 3.66. The molecular formula is C13H20BrFN2O2S. The maximum atomic E-state index is 14.0. The summed E-state index contributed by atoms with van der Waals surface area (Å²) in [6.07, 6.45) is 1.59. The summed E-state index contributed by atoms with van der Waals surface area (Å²) in [5.74, 6) is -0.637. The Morgan fingerprint density at radius 1 is 1.45 bits per heavy atom. The SMILES string of the molecule is CC(CCO)(NS(=O)C(C)(C)C)c1cc(Br)cnc1F. The first-order valence-electron chi connectivity index (χ1n) is 6.22. The molecule has 0 aliphatic heterocycles. The third-order valence-electron chi connectivity index (χ3n) is 2.89. The first kappa shape index (κ1) is 17.7. The maximum absolute atomic E-state index is 14.0. The number of hydrogen-bond acceptors (Lipinski definition) is 3. The topological polar surface area (TPSA) is 62.2 Å². The zero-order valence-electron chi connectivity index (χ0n) is 12.0. The third-order valence-corrected chi connectivity index (χ3v) is 5.07. The van der Waals surface area contributed by atoms with Gasteiger partial charge in [-0.2, -0.15) is 4.39 Å². The average molecular weight is 367 g/mol. The van der Waals surface area contributed by atoms with Gasteiger partial charge in [0.05, 0.1) is 21.3 Å². The van der Waals surface area contributed by atoms with E-state index in [2.05, 4.69) is 25.6 Å². The van der Waals surface area contributed by atoms with Gasteiger partial charge in [-0.25, -0.2) is 13.9 Å². The smallest absolute Gasteiger partial charge is 0.218 e. The Hall–Kier alpha value is -0.370. The zero-order valence-corrected chi connectivity index (χ0v) is 14.4. The highest BCUT2D eigenvalue weighted by Crippen LogP contribution is 2.30. The normalized spacial score (nSPS) is 16.8. The Labute approximate surface area is 129 Å². The van der Waals surface area contributed by atoms with Crippen LogP contribution in [0.25, 0.3) is 0 Å². The molecule has 0 aliphatic carbocycles. The number of halogens is 2. The summed E-state index contributed by atoms with van der Waals surface area (Å²) in [5, 5.41) is 9.25. The molecule has 0 saturated carbocycles. The predicted octanol–water partition coefficient (Wildman–Crippen LogP) is 2.63. The van der Waals surface area contributed by atoms with E-state index in [4.69, 9.17) is 0 Å². The fourth-order valence-corrected chi connectivity index (χ4v) is 2.89. The summed E-state index contributed by atoms with van der Waals surface area (Å²) < 4.78 is 29.3. The number of nitrogens with one attached hydrogen (secondary N) is 1. The Bertz CT molecular complexity index is 508. The summed E-state index contributed by atoms with van der Waals surface area (Å²) in [6.45, 7) is 7.02. The molecule has 2 atom stereocenters. The minimum Gasteiger partial charge on any atom is -0.396 e. The summed E-state index contributed by atoms with van der Waals surface area (Å²) in [5.41, 5.74) is -0.688. The second kappa shape index (κ2) is 6.60. The van der Waals surface area contributed by atoms with Crippen molar-refractivity contribution in [1.82, 2.24) is 9.71 Å². The standard InChI is InChI=1S/C13H20BrFN2O2S/c1-12(2,3)20(19)17-13(4,5-6-18)10-7-9(14)8-16-11(10)15/h7-8,17-18H,5-6H2,1-4H3. The van der Waals surface area contributed by atoms with Gasteiger partial charge in [0.15, 0.2) is 0 Å². The van der Waals surface area contributed by atoms with Gasteiger partial charge >= 0.3 is 0 Å². The fourth-order valence-electron chi connectivity index (χ4n) is 1.63. The molecule has 0 spiro atoms. The Kier molecular flexibility index (Phi) is 5.83. The zero-order chi connectivity index (χ0) is 15.6. The van der Waals surface area contributed by atoms with E-state index in [0.717, 1.165) is 0 Å². The van der Waals surface area contributed by atoms with Crippen molar-refractivity contribution in [2.75, 3.05) is 6.61 Å². The second-order valence-electron chi connectivity index (χ2n) is 5.78. The van der Waals surface area contributed by atoms with E-state index in [0.29, 0.717) is 4.47 Å². The van der Waals surface area contributed by atoms with E-state index < -0.39 is 27.2 Å². The number of aliphatic hydroxyl groups is 1. The molecule has 1 rings (SSSR count). The van der Waals surface area contributed by atoms with E-state index in [1.807, 2.05) is 20.8 Å². The van der Waals surface area contributed by atoms with E-state index in [-0.39, 0.29) is 18.6 Å². The lowest BCUT2D eigenvalue weighted by atomic mass is 9.91. The Balaban J connectivity index is 3.21. The van der Waals surface area contributed by atoms with Crippen LogP contribution in [0, 0.1) is 5.95 Å². The van der Waals surface area contributed by atoms with Crippen LogP contribution in [-0.2, 0) is 16.5 Å². The molecular weight excluding hydrogens is 347 g/mol. The van der Waals surface area contributed by atoms with Crippen molar-refractivity contribution in [2.24, 2.45) is 0 Å². The highest BCUT2D eigenvalue weighted by Gasteiger charge is 2.34. The van der Waals surface area contributed by atoms with Crippen molar-refractivity contribution in [2.45, 2.75) is 44.4 Å². The van der Waals surface area contributed by atoms with Gasteiger partial charge in [-0.05, 0) is 56.1 Å². The molecule has 7 heteroatoms. The van der Waals surface area contributed by atoms with Crippen LogP contribution in [0.15, 0.2) is 16.7 Å². The van der Waals surface area contributed by atoms with Gasteiger partial charge in [-0.1, -0.05) is 0 Å². The van der Waals surface area contributed by atoms with Crippen LogP contribution in [0.3, 0.4) is 0 Å². The molecule has 0 aliphatic rings. The highest BCUT2D eigenvalue weighted by atomic mass is 79.9. The Morgan fingerprint density at radius 3 is 2.55 bits per heavy atom. The molecule has 1 heterocycles. The van der Waals surface area contributed by atoms with Crippen molar-refractivity contribution in [3.8, 4) is 0 Å². The first-order chi connectivity index (χ1) is 9.10. The first-order valence-corrected chi connectivity index (χ1v) is 8.16. The average Bonchev–Trinajstić information content (AvgIpc) is 2.31. The highest BCUT2D eigenvalue weighted by molar-refractivity contribution is 9.10. The fraction of sp³-hybridized carbons (Fsp3) is 0.615. The van der Waals surface area contributed by atoms with E-state index in [9.17, 15) is 13.7 Å².